The summed E-state index contributed by atoms with van der Waals surface area (Å²) in [5, 5.41) is 43.7. The Morgan fingerprint density at radius 2 is 1.79 bits per heavy atom. The molecule has 10 heteroatoms. The van der Waals surface area contributed by atoms with Crippen molar-refractivity contribution in [3.63, 3.8) is 0 Å². The third-order valence-corrected chi connectivity index (χ3v) is 6.99. The number of primary amides is 1. The zero-order valence-electron chi connectivity index (χ0n) is 18.2. The van der Waals surface area contributed by atoms with Crippen LogP contribution in [-0.4, -0.2) is 74.3 Å². The fourth-order valence-electron chi connectivity index (χ4n) is 5.58. The van der Waals surface area contributed by atoms with E-state index in [4.69, 9.17) is 5.73 Å². The van der Waals surface area contributed by atoms with Gasteiger partial charge in [-0.15, -0.1) is 0 Å². The van der Waals surface area contributed by atoms with E-state index in [0.717, 1.165) is 0 Å². The molecule has 10 nitrogen and oxygen atoms in total. The molecular formula is C23H24N2O8. The Morgan fingerprint density at radius 1 is 1.15 bits per heavy atom. The Kier molecular flexibility index (Phi) is 4.99. The number of benzene rings is 1. The predicted molar refractivity (Wildman–Crippen MR) is 114 cm³/mol. The summed E-state index contributed by atoms with van der Waals surface area (Å²) < 4.78 is 0. The van der Waals surface area contributed by atoms with Gasteiger partial charge in [0.15, 0.2) is 17.2 Å². The van der Waals surface area contributed by atoms with Crippen molar-refractivity contribution in [2.45, 2.75) is 31.4 Å². The highest BCUT2D eigenvalue weighted by Crippen LogP contribution is 2.52. The van der Waals surface area contributed by atoms with Gasteiger partial charge in [0, 0.05) is 17.1 Å². The van der Waals surface area contributed by atoms with Crippen molar-refractivity contribution in [2.75, 3.05) is 14.1 Å². The van der Waals surface area contributed by atoms with E-state index in [1.54, 1.807) is 14.1 Å². The third-order valence-electron chi connectivity index (χ3n) is 6.99. The SMILES string of the molecule is CC(=O)c1ccc(O)c2c1CC1CC3[C@@H](N(C)C)C(O)=C(C(N)=O)C(=O)[C@@]3(O)C(O)=C1C2=O. The molecule has 1 aromatic carbocycles. The Hall–Kier alpha value is -3.50. The van der Waals surface area contributed by atoms with Crippen molar-refractivity contribution in [3.8, 4) is 5.75 Å². The lowest BCUT2D eigenvalue weighted by atomic mass is 9.58. The standard InChI is InChI=1S/C23H24N2O8/c1-8(26)10-4-5-13(27)15-11(10)6-9-7-12-17(25(2)3)19(29)16(22(24)32)21(31)23(12,33)20(30)14(9)18(15)28/h4-5,9,12,17,27,29-30,33H,6-7H2,1-3H3,(H2,24,32)/t9?,12?,17-,23+/m1/s1. The number of ketones is 3. The van der Waals surface area contributed by atoms with Crippen LogP contribution in [0, 0.1) is 11.8 Å². The van der Waals surface area contributed by atoms with Crippen LogP contribution in [0.5, 0.6) is 5.75 Å². The largest absolute Gasteiger partial charge is 0.510 e. The molecule has 1 amide bonds. The molecule has 1 aromatic rings. The average molecular weight is 456 g/mol. The van der Waals surface area contributed by atoms with E-state index >= 15 is 0 Å². The van der Waals surface area contributed by atoms with Gasteiger partial charge < -0.3 is 26.2 Å². The monoisotopic (exact) mass is 456 g/mol. The van der Waals surface area contributed by atoms with Crippen LogP contribution >= 0.6 is 0 Å². The van der Waals surface area contributed by atoms with Crippen LogP contribution in [0.4, 0.5) is 0 Å². The van der Waals surface area contributed by atoms with Gasteiger partial charge in [-0.1, -0.05) is 0 Å². The Morgan fingerprint density at radius 3 is 2.33 bits per heavy atom. The molecule has 2 unspecified atom stereocenters. The molecule has 0 saturated heterocycles. The number of carbonyl (C=O) groups is 4. The molecule has 0 aromatic heterocycles. The maximum Gasteiger partial charge on any atom is 0.255 e. The zero-order chi connectivity index (χ0) is 24.6. The lowest BCUT2D eigenvalue weighted by Crippen LogP contribution is -2.63. The maximum absolute atomic E-state index is 13.4. The lowest BCUT2D eigenvalue weighted by Gasteiger charge is -2.50. The third kappa shape index (κ3) is 2.87. The molecule has 0 bridgehead atoms. The van der Waals surface area contributed by atoms with E-state index in [1.165, 1.54) is 24.0 Å². The summed E-state index contributed by atoms with van der Waals surface area (Å²) in [5.41, 5.74) is 1.88. The van der Waals surface area contributed by atoms with Crippen LogP contribution < -0.4 is 5.73 Å². The molecule has 3 aliphatic rings. The van der Waals surface area contributed by atoms with Crippen LogP contribution in [0.25, 0.3) is 0 Å². The van der Waals surface area contributed by atoms with Crippen molar-refractivity contribution in [3.05, 3.63) is 51.5 Å². The molecule has 0 saturated carbocycles. The second-order valence-electron chi connectivity index (χ2n) is 9.01. The van der Waals surface area contributed by atoms with Crippen molar-refractivity contribution >= 4 is 23.3 Å². The number of aliphatic hydroxyl groups excluding tert-OH is 2. The van der Waals surface area contributed by atoms with Crippen LogP contribution in [-0.2, 0) is 16.0 Å². The number of amides is 1. The maximum atomic E-state index is 13.4. The number of hydrogen-bond acceptors (Lipinski definition) is 9. The van der Waals surface area contributed by atoms with Crippen molar-refractivity contribution in [1.29, 1.82) is 0 Å². The number of Topliss-reactive ketones (excluding diaryl/α,β-unsaturated/α-hetero) is 3. The molecule has 33 heavy (non-hydrogen) atoms. The predicted octanol–water partition coefficient (Wildman–Crippen LogP) is 0.323. The van der Waals surface area contributed by atoms with Crippen molar-refractivity contribution < 1.29 is 39.6 Å². The van der Waals surface area contributed by atoms with Gasteiger partial charge in [-0.05, 0) is 57.5 Å². The molecule has 0 spiro atoms. The first-order valence-electron chi connectivity index (χ1n) is 10.3. The first kappa shape index (κ1) is 22.7. The second kappa shape index (κ2) is 7.26. The van der Waals surface area contributed by atoms with Crippen LogP contribution in [0.2, 0.25) is 0 Å². The number of nitrogens with zero attached hydrogens (tertiary/aromatic N) is 1. The topological polar surface area (TPSA) is 178 Å². The number of likely N-dealkylation sites (N-methyl/N-ethyl adjacent to an activating group) is 1. The van der Waals surface area contributed by atoms with E-state index in [0.29, 0.717) is 5.56 Å². The summed E-state index contributed by atoms with van der Waals surface area (Å²) in [7, 11) is 3.11. The number of rotatable bonds is 3. The highest BCUT2D eigenvalue weighted by Gasteiger charge is 2.63. The number of allylic oxidation sites excluding steroid dienone is 1. The van der Waals surface area contributed by atoms with Crippen LogP contribution in [0.3, 0.4) is 0 Å². The summed E-state index contributed by atoms with van der Waals surface area (Å²) in [6.07, 6.45) is 0.0522. The van der Waals surface area contributed by atoms with Crippen LogP contribution in [0.1, 0.15) is 39.6 Å². The Bertz CT molecular complexity index is 1210. The first-order chi connectivity index (χ1) is 15.3. The lowest BCUT2D eigenvalue weighted by molar-refractivity contribution is -0.148. The quantitative estimate of drug-likeness (QED) is 0.316. The molecular weight excluding hydrogens is 432 g/mol. The van der Waals surface area contributed by atoms with Gasteiger partial charge in [-0.2, -0.15) is 0 Å². The number of aromatic hydroxyl groups is 1. The van der Waals surface area contributed by atoms with Gasteiger partial charge in [-0.25, -0.2) is 0 Å². The fourth-order valence-corrected chi connectivity index (χ4v) is 5.58. The minimum absolute atomic E-state index is 0.0290. The van der Waals surface area contributed by atoms with E-state index in [9.17, 15) is 39.6 Å². The van der Waals surface area contributed by atoms with Gasteiger partial charge in [0.05, 0.1) is 11.6 Å². The Balaban J connectivity index is 1.99. The minimum Gasteiger partial charge on any atom is -0.510 e. The van der Waals surface area contributed by atoms with E-state index in [2.05, 4.69) is 0 Å². The molecule has 0 fully saturated rings. The summed E-state index contributed by atoms with van der Waals surface area (Å²) in [4.78, 5) is 52.1. The second-order valence-corrected chi connectivity index (χ2v) is 9.01. The number of phenolic OH excluding ortho intramolecular Hbond substituents is 1. The van der Waals surface area contributed by atoms with Crippen molar-refractivity contribution in [1.82, 2.24) is 4.90 Å². The molecule has 0 aliphatic heterocycles. The summed E-state index contributed by atoms with van der Waals surface area (Å²) in [5.74, 6) is -7.49. The molecule has 6 N–H and O–H groups in total. The van der Waals surface area contributed by atoms with E-state index in [-0.39, 0.29) is 35.3 Å². The van der Waals surface area contributed by atoms with Crippen LogP contribution in [0.15, 0.2) is 34.8 Å². The van der Waals surface area contributed by atoms with Gasteiger partial charge in [-0.3, -0.25) is 24.1 Å². The van der Waals surface area contributed by atoms with Crippen molar-refractivity contribution in [2.24, 2.45) is 17.6 Å². The number of carbonyl (C=O) groups excluding carboxylic acids is 4. The molecule has 0 heterocycles. The molecule has 4 rings (SSSR count). The number of fused-ring (bicyclic) bond motifs is 3. The number of nitrogens with two attached hydrogens (primary N) is 1. The fraction of sp³-hybridized carbons (Fsp3) is 0.391. The molecule has 0 radical (unpaired) electrons. The Labute approximate surface area is 188 Å². The average Bonchev–Trinajstić information content (AvgIpc) is 2.70. The minimum atomic E-state index is -2.68. The molecule has 4 atom stereocenters. The first-order valence-corrected chi connectivity index (χ1v) is 10.3. The normalized spacial score (nSPS) is 29.1. The zero-order valence-corrected chi connectivity index (χ0v) is 18.2. The molecule has 174 valence electrons. The molecule has 3 aliphatic carbocycles. The smallest absolute Gasteiger partial charge is 0.255 e. The summed E-state index contributed by atoms with van der Waals surface area (Å²) in [6, 6.07) is 1.55. The number of phenols is 1. The van der Waals surface area contributed by atoms with E-state index in [1.807, 2.05) is 0 Å². The highest BCUT2D eigenvalue weighted by molar-refractivity contribution is 6.25. The number of hydrogen-bond donors (Lipinski definition) is 5. The summed E-state index contributed by atoms with van der Waals surface area (Å²) in [6.45, 7) is 1.33. The van der Waals surface area contributed by atoms with Gasteiger partial charge in [0.1, 0.15) is 22.8 Å². The van der Waals surface area contributed by atoms with Gasteiger partial charge in [0.2, 0.25) is 5.78 Å². The van der Waals surface area contributed by atoms with Gasteiger partial charge >= 0.3 is 0 Å². The summed E-state index contributed by atoms with van der Waals surface area (Å²) >= 11 is 0. The van der Waals surface area contributed by atoms with E-state index < -0.39 is 63.8 Å². The number of aliphatic hydroxyl groups is 3. The van der Waals surface area contributed by atoms with Gasteiger partial charge in [0.25, 0.3) is 5.91 Å². The highest BCUT2D eigenvalue weighted by atomic mass is 16.3.